The van der Waals surface area contributed by atoms with Gasteiger partial charge in [0.25, 0.3) is 5.22 Å². The van der Waals surface area contributed by atoms with E-state index in [0.29, 0.717) is 17.7 Å². The predicted molar refractivity (Wildman–Crippen MR) is 121 cm³/mol. The Hall–Kier alpha value is -2.87. The quantitative estimate of drug-likeness (QED) is 0.482. The minimum Gasteiger partial charge on any atom is -0.497 e. The van der Waals surface area contributed by atoms with Gasteiger partial charge in [-0.25, -0.2) is 4.39 Å². The first-order chi connectivity index (χ1) is 15.6. The van der Waals surface area contributed by atoms with Gasteiger partial charge in [-0.3, -0.25) is 4.79 Å². The SMILES string of the molecule is COc1ccc(-c2nnc(SCC(=O)NCC3(c4ccc(F)cc4)CCCCC3)o2)cc1. The van der Waals surface area contributed by atoms with Crippen LogP contribution >= 0.6 is 11.8 Å². The summed E-state index contributed by atoms with van der Waals surface area (Å²) < 4.78 is 24.2. The van der Waals surface area contributed by atoms with Crippen LogP contribution in [0.1, 0.15) is 37.7 Å². The molecule has 168 valence electrons. The van der Waals surface area contributed by atoms with E-state index >= 15 is 0 Å². The maximum Gasteiger partial charge on any atom is 0.277 e. The fourth-order valence-electron chi connectivity index (χ4n) is 4.16. The number of amides is 1. The molecule has 4 rings (SSSR count). The lowest BCUT2D eigenvalue weighted by Crippen LogP contribution is -2.42. The van der Waals surface area contributed by atoms with E-state index in [2.05, 4.69) is 15.5 Å². The Balaban J connectivity index is 1.33. The molecule has 6 nitrogen and oxygen atoms in total. The molecule has 1 aliphatic rings. The molecule has 0 aliphatic heterocycles. The van der Waals surface area contributed by atoms with Crippen LogP contribution in [0, 0.1) is 5.82 Å². The molecule has 1 N–H and O–H groups in total. The molecule has 3 aromatic rings. The van der Waals surface area contributed by atoms with E-state index in [4.69, 9.17) is 9.15 Å². The van der Waals surface area contributed by atoms with Crippen molar-refractivity contribution in [3.63, 3.8) is 0 Å². The van der Waals surface area contributed by atoms with Gasteiger partial charge in [-0.05, 0) is 54.8 Å². The molecule has 1 heterocycles. The second kappa shape index (κ2) is 10.2. The summed E-state index contributed by atoms with van der Waals surface area (Å²) in [6.07, 6.45) is 5.39. The number of halogens is 1. The first-order valence-corrected chi connectivity index (χ1v) is 11.7. The summed E-state index contributed by atoms with van der Waals surface area (Å²) in [7, 11) is 1.61. The summed E-state index contributed by atoms with van der Waals surface area (Å²) in [5.41, 5.74) is 1.74. The third-order valence-corrected chi connectivity index (χ3v) is 6.78. The first-order valence-electron chi connectivity index (χ1n) is 10.7. The summed E-state index contributed by atoms with van der Waals surface area (Å²) in [4.78, 5) is 12.5. The fourth-order valence-corrected chi connectivity index (χ4v) is 4.76. The zero-order valence-corrected chi connectivity index (χ0v) is 18.8. The number of aromatic nitrogens is 2. The van der Waals surface area contributed by atoms with E-state index in [9.17, 15) is 9.18 Å². The largest absolute Gasteiger partial charge is 0.497 e. The molecule has 1 aromatic heterocycles. The maximum absolute atomic E-state index is 13.4. The van der Waals surface area contributed by atoms with Crippen LogP contribution in [0.2, 0.25) is 0 Å². The van der Waals surface area contributed by atoms with E-state index in [-0.39, 0.29) is 22.9 Å². The molecule has 0 bridgehead atoms. The zero-order chi connectivity index (χ0) is 22.4. The number of rotatable bonds is 8. The van der Waals surface area contributed by atoms with Crippen molar-refractivity contribution >= 4 is 17.7 Å². The van der Waals surface area contributed by atoms with E-state index in [0.717, 1.165) is 42.6 Å². The van der Waals surface area contributed by atoms with Crippen molar-refractivity contribution in [2.45, 2.75) is 42.7 Å². The van der Waals surface area contributed by atoms with Crippen LogP contribution in [0.25, 0.3) is 11.5 Å². The molecular formula is C24H26FN3O3S. The molecule has 0 saturated heterocycles. The zero-order valence-electron chi connectivity index (χ0n) is 18.0. The average Bonchev–Trinajstić information content (AvgIpc) is 3.31. The van der Waals surface area contributed by atoms with Crippen LogP contribution in [0.4, 0.5) is 4.39 Å². The van der Waals surface area contributed by atoms with Crippen molar-refractivity contribution in [1.82, 2.24) is 15.5 Å². The maximum atomic E-state index is 13.4. The van der Waals surface area contributed by atoms with Crippen molar-refractivity contribution in [2.75, 3.05) is 19.4 Å². The second-order valence-electron chi connectivity index (χ2n) is 8.01. The number of ether oxygens (including phenoxy) is 1. The van der Waals surface area contributed by atoms with Crippen molar-refractivity contribution in [1.29, 1.82) is 0 Å². The van der Waals surface area contributed by atoms with Gasteiger partial charge in [-0.1, -0.05) is 43.2 Å². The summed E-state index contributed by atoms with van der Waals surface area (Å²) in [5.74, 6) is 0.993. The molecule has 1 amide bonds. The molecule has 0 spiro atoms. The number of carbonyl (C=O) groups is 1. The van der Waals surface area contributed by atoms with Gasteiger partial charge >= 0.3 is 0 Å². The van der Waals surface area contributed by atoms with Crippen LogP contribution in [-0.2, 0) is 10.2 Å². The van der Waals surface area contributed by atoms with Gasteiger partial charge in [0, 0.05) is 17.5 Å². The Bertz CT molecular complexity index is 1030. The van der Waals surface area contributed by atoms with Crippen molar-refractivity contribution in [3.8, 4) is 17.2 Å². The van der Waals surface area contributed by atoms with E-state index < -0.39 is 0 Å². The van der Waals surface area contributed by atoms with Gasteiger partial charge in [0.1, 0.15) is 11.6 Å². The number of hydrogen-bond acceptors (Lipinski definition) is 6. The number of nitrogens with zero attached hydrogens (tertiary/aromatic N) is 2. The number of carbonyl (C=O) groups excluding carboxylic acids is 1. The van der Waals surface area contributed by atoms with Crippen LogP contribution in [0.15, 0.2) is 58.2 Å². The Kier molecular flexibility index (Phi) is 7.09. The summed E-state index contributed by atoms with van der Waals surface area (Å²) in [6.45, 7) is 0.541. The van der Waals surface area contributed by atoms with Gasteiger partial charge in [0.15, 0.2) is 0 Å². The number of benzene rings is 2. The minimum atomic E-state index is -0.242. The van der Waals surface area contributed by atoms with Gasteiger partial charge in [0.2, 0.25) is 11.8 Å². The second-order valence-corrected chi connectivity index (χ2v) is 8.94. The van der Waals surface area contributed by atoms with Gasteiger partial charge in [-0.2, -0.15) is 0 Å². The Morgan fingerprint density at radius 1 is 1.09 bits per heavy atom. The molecule has 0 unspecified atom stereocenters. The highest BCUT2D eigenvalue weighted by atomic mass is 32.2. The monoisotopic (exact) mass is 455 g/mol. The van der Waals surface area contributed by atoms with Gasteiger partial charge in [0.05, 0.1) is 12.9 Å². The van der Waals surface area contributed by atoms with E-state index in [1.54, 1.807) is 7.11 Å². The Morgan fingerprint density at radius 2 is 1.81 bits per heavy atom. The van der Waals surface area contributed by atoms with Crippen LogP contribution in [0.3, 0.4) is 0 Å². The highest BCUT2D eigenvalue weighted by Gasteiger charge is 2.34. The third kappa shape index (κ3) is 5.30. The normalized spacial score (nSPS) is 15.3. The number of thioether (sulfide) groups is 1. The van der Waals surface area contributed by atoms with E-state index in [1.165, 1.54) is 30.3 Å². The molecule has 8 heteroatoms. The molecule has 1 saturated carbocycles. The lowest BCUT2D eigenvalue weighted by molar-refractivity contribution is -0.118. The molecule has 0 radical (unpaired) electrons. The molecular weight excluding hydrogens is 429 g/mol. The topological polar surface area (TPSA) is 77.2 Å². The van der Waals surface area contributed by atoms with Gasteiger partial charge in [-0.15, -0.1) is 10.2 Å². The molecule has 0 atom stereocenters. The predicted octanol–water partition coefficient (Wildman–Crippen LogP) is 4.99. The third-order valence-electron chi connectivity index (χ3n) is 5.96. The Labute approximate surface area is 191 Å². The van der Waals surface area contributed by atoms with Crippen molar-refractivity contribution in [2.24, 2.45) is 0 Å². The average molecular weight is 456 g/mol. The van der Waals surface area contributed by atoms with Crippen LogP contribution in [0.5, 0.6) is 5.75 Å². The van der Waals surface area contributed by atoms with Gasteiger partial charge < -0.3 is 14.5 Å². The van der Waals surface area contributed by atoms with E-state index in [1.807, 2.05) is 36.4 Å². The number of methoxy groups -OCH3 is 1. The van der Waals surface area contributed by atoms with Crippen LogP contribution < -0.4 is 10.1 Å². The highest BCUT2D eigenvalue weighted by molar-refractivity contribution is 7.99. The lowest BCUT2D eigenvalue weighted by Gasteiger charge is -2.38. The molecule has 1 fully saturated rings. The lowest BCUT2D eigenvalue weighted by atomic mass is 9.69. The molecule has 2 aromatic carbocycles. The van der Waals surface area contributed by atoms with Crippen molar-refractivity contribution < 1.29 is 18.3 Å². The molecule has 1 aliphatic carbocycles. The summed E-state index contributed by atoms with van der Waals surface area (Å²) >= 11 is 1.21. The summed E-state index contributed by atoms with van der Waals surface area (Å²) in [5, 5.41) is 11.5. The standard InChI is InChI=1S/C24H26FN3O3S/c1-30-20-11-5-17(6-12-20)22-27-28-23(31-22)32-15-21(29)26-16-24(13-3-2-4-14-24)18-7-9-19(25)10-8-18/h5-12H,2-4,13-16H2,1H3,(H,26,29). The van der Waals surface area contributed by atoms with Crippen LogP contribution in [-0.4, -0.2) is 35.5 Å². The van der Waals surface area contributed by atoms with Crippen molar-refractivity contribution in [3.05, 3.63) is 59.9 Å². The highest BCUT2D eigenvalue weighted by Crippen LogP contribution is 2.39. The fraction of sp³-hybridized carbons (Fsp3) is 0.375. The Morgan fingerprint density at radius 3 is 2.50 bits per heavy atom. The minimum absolute atomic E-state index is 0.0914. The number of hydrogen-bond donors (Lipinski definition) is 1. The number of nitrogens with one attached hydrogen (secondary N) is 1. The molecule has 32 heavy (non-hydrogen) atoms. The summed E-state index contributed by atoms with van der Waals surface area (Å²) in [6, 6.07) is 14.0. The smallest absolute Gasteiger partial charge is 0.277 e. The first kappa shape index (κ1) is 22.3.